The molecule has 1 heterocycles. The second-order valence-corrected chi connectivity index (χ2v) is 2.05. The van der Waals surface area contributed by atoms with E-state index in [1.165, 1.54) is 13.1 Å². The van der Waals surface area contributed by atoms with E-state index in [4.69, 9.17) is 0 Å². The van der Waals surface area contributed by atoms with Crippen LogP contribution in [0.3, 0.4) is 0 Å². The fourth-order valence-corrected chi connectivity index (χ4v) is 0.777. The van der Waals surface area contributed by atoms with E-state index in [1.54, 1.807) is 0 Å². The molecule has 0 amide bonds. The third-order valence-electron chi connectivity index (χ3n) is 1.34. The lowest BCUT2D eigenvalue weighted by molar-refractivity contribution is 0.291. The van der Waals surface area contributed by atoms with E-state index < -0.39 is 0 Å². The highest BCUT2D eigenvalue weighted by Crippen LogP contribution is 1.82. The van der Waals surface area contributed by atoms with Gasteiger partial charge in [0.1, 0.15) is 0 Å². The standard InChI is InChI=1S/C5H12N2/c1-7-4-2-6-3-5-7/h6H,2-5H2,1H3/i4+1,6+1. The Bertz CT molecular complexity index is 48.0. The van der Waals surface area contributed by atoms with Crippen LogP contribution in [-0.2, 0) is 0 Å². The molecule has 7 heavy (non-hydrogen) atoms. The van der Waals surface area contributed by atoms with Crippen LogP contribution in [0.5, 0.6) is 0 Å². The molecule has 1 N–H and O–H groups in total. The minimum atomic E-state index is 1.16. The second kappa shape index (κ2) is 2.28. The molecule has 1 fully saturated rings. The van der Waals surface area contributed by atoms with Crippen molar-refractivity contribution in [2.75, 3.05) is 33.2 Å². The number of piperazine rings is 1. The maximum absolute atomic E-state index is 3.27. The first-order valence-electron chi connectivity index (χ1n) is 2.79. The van der Waals surface area contributed by atoms with E-state index in [0.29, 0.717) is 0 Å². The highest BCUT2D eigenvalue weighted by Gasteiger charge is 2.01. The Morgan fingerprint density at radius 3 is 2.14 bits per heavy atom. The average molecular weight is 102 g/mol. The number of rotatable bonds is 0. The molecule has 0 aromatic heterocycles. The molecule has 2 nitrogen and oxygen atoms in total. The molecule has 1 saturated heterocycles. The maximum Gasteiger partial charge on any atom is 0.0104 e. The van der Waals surface area contributed by atoms with Gasteiger partial charge in [-0.1, -0.05) is 0 Å². The monoisotopic (exact) mass is 102 g/mol. The molecule has 0 saturated carbocycles. The van der Waals surface area contributed by atoms with E-state index in [2.05, 4.69) is 17.3 Å². The summed E-state index contributed by atoms with van der Waals surface area (Å²) in [5.74, 6) is 0. The number of hydrogen-bond donors (Lipinski definition) is 1. The summed E-state index contributed by atoms with van der Waals surface area (Å²) >= 11 is 0. The van der Waals surface area contributed by atoms with Gasteiger partial charge in [-0.25, -0.2) is 0 Å². The molecule has 42 valence electrons. The summed E-state index contributed by atoms with van der Waals surface area (Å²) < 4.78 is 0. The Morgan fingerprint density at radius 1 is 1.29 bits per heavy atom. The lowest BCUT2D eigenvalue weighted by Gasteiger charge is -2.21. The lowest BCUT2D eigenvalue weighted by Crippen LogP contribution is -2.40. The van der Waals surface area contributed by atoms with Crippen LogP contribution in [0, 0.1) is 0 Å². The van der Waals surface area contributed by atoms with Crippen molar-refractivity contribution < 1.29 is 0 Å². The van der Waals surface area contributed by atoms with E-state index in [1.807, 2.05) is 0 Å². The summed E-state index contributed by atoms with van der Waals surface area (Å²) in [5, 5.41) is 3.27. The maximum atomic E-state index is 3.27. The molecule has 0 aromatic carbocycles. The number of nitrogens with one attached hydrogen (secondary N) is 1. The number of nitrogens with zero attached hydrogens (tertiary/aromatic N) is 1. The molecule has 1 rings (SSSR count). The quantitative estimate of drug-likeness (QED) is 0.328. The zero-order valence-corrected chi connectivity index (χ0v) is 4.78. The molecular formula is C5H12N2. The van der Waals surface area contributed by atoms with E-state index in [0.717, 1.165) is 13.1 Å². The van der Waals surface area contributed by atoms with Gasteiger partial charge in [-0.05, 0) is 7.05 Å². The van der Waals surface area contributed by atoms with Crippen molar-refractivity contribution in [2.24, 2.45) is 0 Å². The van der Waals surface area contributed by atoms with Crippen molar-refractivity contribution in [3.63, 3.8) is 0 Å². The Hall–Kier alpha value is -0.0800. The van der Waals surface area contributed by atoms with Gasteiger partial charge in [0.2, 0.25) is 0 Å². The molecule has 0 atom stereocenters. The summed E-state index contributed by atoms with van der Waals surface area (Å²) in [6, 6.07) is 0. The molecule has 0 bridgehead atoms. The van der Waals surface area contributed by atoms with E-state index >= 15 is 0 Å². The van der Waals surface area contributed by atoms with Crippen molar-refractivity contribution in [3.8, 4) is 0 Å². The molecule has 0 spiro atoms. The molecule has 1 aliphatic heterocycles. The van der Waals surface area contributed by atoms with Gasteiger partial charge in [0.05, 0.1) is 0 Å². The molecule has 0 unspecified atom stereocenters. The predicted octanol–water partition coefficient (Wildman–Crippen LogP) is -0.479. The highest BCUT2D eigenvalue weighted by molar-refractivity contribution is 4.62. The Kier molecular flexibility index (Phi) is 1.65. The third-order valence-corrected chi connectivity index (χ3v) is 1.34. The molecule has 1 aliphatic rings. The number of likely N-dealkylation sites (N-methyl/N-ethyl adjacent to an activating group) is 1. The molecule has 0 radical (unpaired) electrons. The molecule has 0 aliphatic carbocycles. The minimum Gasteiger partial charge on any atom is -0.314 e. The fraction of sp³-hybridized carbons (Fsp3) is 1.00. The predicted molar refractivity (Wildman–Crippen MR) is 30.4 cm³/mol. The van der Waals surface area contributed by atoms with Crippen molar-refractivity contribution in [1.82, 2.24) is 10.2 Å². The van der Waals surface area contributed by atoms with Crippen molar-refractivity contribution >= 4 is 0 Å². The summed E-state index contributed by atoms with van der Waals surface area (Å²) in [5.41, 5.74) is 0. The SMILES string of the molecule is CN1CC[15NH]C[13CH2]1. The van der Waals surface area contributed by atoms with Crippen LogP contribution in [0.25, 0.3) is 0 Å². The molecule has 2 heteroatoms. The van der Waals surface area contributed by atoms with Gasteiger partial charge in [0, 0.05) is 26.2 Å². The zero-order valence-electron chi connectivity index (χ0n) is 4.78. The van der Waals surface area contributed by atoms with Crippen LogP contribution in [0.15, 0.2) is 0 Å². The second-order valence-electron chi connectivity index (χ2n) is 2.05. The summed E-state index contributed by atoms with van der Waals surface area (Å²) in [6.07, 6.45) is 0. The van der Waals surface area contributed by atoms with Gasteiger partial charge in [-0.2, -0.15) is 0 Å². The topological polar surface area (TPSA) is 15.3 Å². The lowest BCUT2D eigenvalue weighted by atomic mass is 10.6. The Labute approximate surface area is 44.5 Å². The van der Waals surface area contributed by atoms with Crippen LogP contribution >= 0.6 is 0 Å². The first-order chi connectivity index (χ1) is 3.39. The Balaban J connectivity index is 2.12. The summed E-state index contributed by atoms with van der Waals surface area (Å²) in [4.78, 5) is 2.33. The number of hydrogen-bond acceptors (Lipinski definition) is 2. The first kappa shape index (κ1) is 5.06. The highest BCUT2D eigenvalue weighted by atomic mass is 15.7. The van der Waals surface area contributed by atoms with Gasteiger partial charge in [-0.15, -0.1) is 0 Å². The van der Waals surface area contributed by atoms with Crippen LogP contribution in [0.1, 0.15) is 0 Å². The van der Waals surface area contributed by atoms with Crippen LogP contribution in [0.4, 0.5) is 0 Å². The van der Waals surface area contributed by atoms with Gasteiger partial charge < -0.3 is 10.2 Å². The summed E-state index contributed by atoms with van der Waals surface area (Å²) in [7, 11) is 2.15. The smallest absolute Gasteiger partial charge is 0.0104 e. The van der Waals surface area contributed by atoms with Crippen LogP contribution in [-0.4, -0.2) is 38.1 Å². The first-order valence-corrected chi connectivity index (χ1v) is 2.79. The fourth-order valence-electron chi connectivity index (χ4n) is 0.777. The van der Waals surface area contributed by atoms with Gasteiger partial charge in [-0.3, -0.25) is 0 Å². The van der Waals surface area contributed by atoms with Gasteiger partial charge in [0.15, 0.2) is 0 Å². The molecule has 0 aromatic rings. The summed E-state index contributed by atoms with van der Waals surface area (Å²) in [6.45, 7) is 4.74. The zero-order chi connectivity index (χ0) is 5.11. The van der Waals surface area contributed by atoms with Crippen molar-refractivity contribution in [3.05, 3.63) is 0 Å². The van der Waals surface area contributed by atoms with E-state index in [9.17, 15) is 0 Å². The van der Waals surface area contributed by atoms with E-state index in [-0.39, 0.29) is 0 Å². The Morgan fingerprint density at radius 2 is 1.86 bits per heavy atom. The third kappa shape index (κ3) is 1.45. The van der Waals surface area contributed by atoms with Crippen molar-refractivity contribution in [1.29, 1.82) is 0 Å². The average Bonchev–Trinajstić information content (AvgIpc) is 1.69. The van der Waals surface area contributed by atoms with Crippen LogP contribution < -0.4 is 5.32 Å². The minimum absolute atomic E-state index is 1.16. The largest absolute Gasteiger partial charge is 0.314 e. The normalized spacial score (nSPS) is 25.3. The van der Waals surface area contributed by atoms with Gasteiger partial charge in [0.25, 0.3) is 0 Å². The molecular weight excluding hydrogens is 90.1 g/mol. The van der Waals surface area contributed by atoms with Crippen LogP contribution in [0.2, 0.25) is 0 Å². The van der Waals surface area contributed by atoms with Gasteiger partial charge >= 0.3 is 0 Å². The van der Waals surface area contributed by atoms with Crippen molar-refractivity contribution in [2.45, 2.75) is 0 Å².